The molecule has 0 aliphatic carbocycles. The molecule has 1 aromatic carbocycles. The molecule has 1 N–H and O–H groups in total. The molecule has 28 heavy (non-hydrogen) atoms. The number of benzene rings is 1. The Labute approximate surface area is 179 Å². The van der Waals surface area contributed by atoms with Gasteiger partial charge in [-0.15, -0.1) is 24.8 Å². The van der Waals surface area contributed by atoms with Crippen LogP contribution in [-0.2, 0) is 4.74 Å². The number of amides is 1. The summed E-state index contributed by atoms with van der Waals surface area (Å²) in [5.41, 5.74) is -0.289. The lowest BCUT2D eigenvalue weighted by molar-refractivity contribution is -0.0127. The first kappa shape index (κ1) is 23.1. The number of likely N-dealkylation sites (tertiary alicyclic amines) is 1. The summed E-state index contributed by atoms with van der Waals surface area (Å²) < 4.78 is 11.6. The second kappa shape index (κ2) is 10.5. The van der Waals surface area contributed by atoms with Gasteiger partial charge in [0.25, 0.3) is 0 Å². The second-order valence-corrected chi connectivity index (χ2v) is 7.67. The quantitative estimate of drug-likeness (QED) is 0.776. The summed E-state index contributed by atoms with van der Waals surface area (Å²) in [4.78, 5) is 16.7. The van der Waals surface area contributed by atoms with Gasteiger partial charge in [0.15, 0.2) is 0 Å². The van der Waals surface area contributed by atoms with Crippen molar-refractivity contribution < 1.29 is 14.3 Å². The normalized spacial score (nSPS) is 24.2. The summed E-state index contributed by atoms with van der Waals surface area (Å²) in [6, 6.07) is 10.4. The molecule has 3 aliphatic rings. The third-order valence-electron chi connectivity index (χ3n) is 5.91. The van der Waals surface area contributed by atoms with Crippen LogP contribution in [0, 0.1) is 0 Å². The molecule has 1 aromatic rings. The van der Waals surface area contributed by atoms with Crippen LogP contribution in [0.15, 0.2) is 30.3 Å². The SMILES string of the molecule is Cl.Cl.O=C1OC2(CCN(C3CCCNC3)CC2)CN1CCOc1ccccc1. The molecule has 1 amide bonds. The minimum absolute atomic E-state index is 0. The summed E-state index contributed by atoms with van der Waals surface area (Å²) >= 11 is 0. The molecule has 1 spiro atoms. The van der Waals surface area contributed by atoms with E-state index >= 15 is 0 Å². The van der Waals surface area contributed by atoms with Gasteiger partial charge in [-0.1, -0.05) is 18.2 Å². The molecule has 4 rings (SSSR count). The third kappa shape index (κ3) is 5.44. The van der Waals surface area contributed by atoms with Gasteiger partial charge >= 0.3 is 6.09 Å². The van der Waals surface area contributed by atoms with Crippen LogP contribution in [0.5, 0.6) is 5.75 Å². The predicted octanol–water partition coefficient (Wildman–Crippen LogP) is 2.95. The fourth-order valence-electron chi connectivity index (χ4n) is 4.36. The monoisotopic (exact) mass is 431 g/mol. The van der Waals surface area contributed by atoms with E-state index < -0.39 is 0 Å². The van der Waals surface area contributed by atoms with E-state index in [4.69, 9.17) is 9.47 Å². The number of ether oxygens (including phenoxy) is 2. The Hall–Kier alpha value is -1.21. The van der Waals surface area contributed by atoms with E-state index in [-0.39, 0.29) is 36.5 Å². The highest BCUT2D eigenvalue weighted by Crippen LogP contribution is 2.34. The van der Waals surface area contributed by atoms with Crippen molar-refractivity contribution in [2.24, 2.45) is 0 Å². The van der Waals surface area contributed by atoms with Gasteiger partial charge < -0.3 is 19.7 Å². The topological polar surface area (TPSA) is 54.0 Å². The minimum atomic E-state index is -0.289. The average molecular weight is 432 g/mol. The lowest BCUT2D eigenvalue weighted by Crippen LogP contribution is -2.53. The first-order valence-electron chi connectivity index (χ1n) is 9.85. The number of para-hydroxylation sites is 1. The molecular weight excluding hydrogens is 401 g/mol. The fraction of sp³-hybridized carbons (Fsp3) is 0.650. The predicted molar refractivity (Wildman–Crippen MR) is 114 cm³/mol. The Balaban J connectivity index is 0.00000140. The first-order valence-corrected chi connectivity index (χ1v) is 9.85. The summed E-state index contributed by atoms with van der Waals surface area (Å²) in [5.74, 6) is 0.837. The van der Waals surface area contributed by atoms with E-state index in [1.807, 2.05) is 30.3 Å². The largest absolute Gasteiger partial charge is 0.492 e. The molecule has 3 saturated heterocycles. The highest BCUT2D eigenvalue weighted by atomic mass is 35.5. The number of hydrogen-bond acceptors (Lipinski definition) is 5. The Morgan fingerprint density at radius 1 is 1.18 bits per heavy atom. The van der Waals surface area contributed by atoms with E-state index in [0.717, 1.165) is 44.8 Å². The molecule has 1 unspecified atom stereocenters. The van der Waals surface area contributed by atoms with Crippen molar-refractivity contribution in [3.8, 4) is 5.75 Å². The fourth-order valence-corrected chi connectivity index (χ4v) is 4.36. The molecule has 1 atom stereocenters. The van der Waals surface area contributed by atoms with Crippen molar-refractivity contribution in [3.63, 3.8) is 0 Å². The van der Waals surface area contributed by atoms with E-state index in [2.05, 4.69) is 10.2 Å². The molecule has 3 heterocycles. The van der Waals surface area contributed by atoms with Gasteiger partial charge in [-0.2, -0.15) is 0 Å². The highest BCUT2D eigenvalue weighted by molar-refractivity contribution is 5.85. The molecule has 6 nitrogen and oxygen atoms in total. The zero-order valence-corrected chi connectivity index (χ0v) is 17.8. The second-order valence-electron chi connectivity index (χ2n) is 7.67. The van der Waals surface area contributed by atoms with Crippen LogP contribution in [0.1, 0.15) is 25.7 Å². The summed E-state index contributed by atoms with van der Waals surface area (Å²) in [6.07, 6.45) is 4.23. The van der Waals surface area contributed by atoms with Crippen LogP contribution in [0.4, 0.5) is 4.79 Å². The van der Waals surface area contributed by atoms with E-state index in [1.54, 1.807) is 4.90 Å². The standard InChI is InChI=1S/C20H29N3O3.2ClH/c24-19-23(13-14-25-18-6-2-1-3-7-18)16-20(26-19)8-11-22(12-9-20)17-5-4-10-21-15-17;;/h1-3,6-7,17,21H,4-5,8-16H2;2*1H. The number of hydrogen-bond donors (Lipinski definition) is 1. The Morgan fingerprint density at radius 3 is 2.61 bits per heavy atom. The molecule has 0 radical (unpaired) electrons. The van der Waals surface area contributed by atoms with Gasteiger partial charge in [0, 0.05) is 38.5 Å². The van der Waals surface area contributed by atoms with E-state index in [1.165, 1.54) is 12.8 Å². The first-order chi connectivity index (χ1) is 12.7. The van der Waals surface area contributed by atoms with Gasteiger partial charge in [0.1, 0.15) is 18.0 Å². The van der Waals surface area contributed by atoms with Crippen molar-refractivity contribution in [2.45, 2.75) is 37.3 Å². The van der Waals surface area contributed by atoms with Gasteiger partial charge in [0.2, 0.25) is 0 Å². The number of nitrogens with one attached hydrogen (secondary N) is 1. The molecule has 3 aliphatic heterocycles. The molecular formula is C20H31Cl2N3O3. The van der Waals surface area contributed by atoms with Crippen molar-refractivity contribution in [3.05, 3.63) is 30.3 Å². The van der Waals surface area contributed by atoms with Crippen molar-refractivity contribution in [1.82, 2.24) is 15.1 Å². The Morgan fingerprint density at radius 2 is 1.93 bits per heavy atom. The van der Waals surface area contributed by atoms with E-state index in [9.17, 15) is 4.79 Å². The Bertz CT molecular complexity index is 606. The van der Waals surface area contributed by atoms with Gasteiger partial charge in [-0.3, -0.25) is 4.90 Å². The number of carbonyl (C=O) groups is 1. The minimum Gasteiger partial charge on any atom is -0.492 e. The van der Waals surface area contributed by atoms with Crippen LogP contribution in [0.2, 0.25) is 0 Å². The maximum absolute atomic E-state index is 12.3. The molecule has 8 heteroatoms. The van der Waals surface area contributed by atoms with Crippen molar-refractivity contribution in [2.75, 3.05) is 45.9 Å². The molecule has 0 saturated carbocycles. The van der Waals surface area contributed by atoms with Crippen LogP contribution in [0.25, 0.3) is 0 Å². The van der Waals surface area contributed by atoms with Crippen LogP contribution < -0.4 is 10.1 Å². The number of carbonyl (C=O) groups excluding carboxylic acids is 1. The number of nitrogens with zero attached hydrogens (tertiary/aromatic N) is 2. The zero-order chi connectivity index (χ0) is 17.8. The third-order valence-corrected chi connectivity index (χ3v) is 5.91. The number of rotatable bonds is 5. The van der Waals surface area contributed by atoms with Crippen molar-refractivity contribution in [1.29, 1.82) is 0 Å². The van der Waals surface area contributed by atoms with E-state index in [0.29, 0.717) is 25.7 Å². The lowest BCUT2D eigenvalue weighted by atomic mass is 9.89. The smallest absolute Gasteiger partial charge is 0.410 e. The molecule has 158 valence electrons. The van der Waals surface area contributed by atoms with Gasteiger partial charge in [0.05, 0.1) is 13.1 Å². The molecule has 3 fully saturated rings. The number of piperidine rings is 2. The van der Waals surface area contributed by atoms with Crippen molar-refractivity contribution >= 4 is 30.9 Å². The van der Waals surface area contributed by atoms with Gasteiger partial charge in [-0.05, 0) is 31.5 Å². The van der Waals surface area contributed by atoms with Crippen LogP contribution in [-0.4, -0.2) is 73.4 Å². The molecule has 0 aromatic heterocycles. The number of halogens is 2. The van der Waals surface area contributed by atoms with Gasteiger partial charge in [-0.25, -0.2) is 4.79 Å². The maximum atomic E-state index is 12.3. The lowest BCUT2D eigenvalue weighted by Gasteiger charge is -2.42. The average Bonchev–Trinajstić information content (AvgIpc) is 2.99. The Kier molecular flexibility index (Phi) is 8.68. The maximum Gasteiger partial charge on any atom is 0.410 e. The summed E-state index contributed by atoms with van der Waals surface area (Å²) in [7, 11) is 0. The zero-order valence-electron chi connectivity index (χ0n) is 16.2. The van der Waals surface area contributed by atoms with Crippen LogP contribution in [0.3, 0.4) is 0 Å². The highest BCUT2D eigenvalue weighted by Gasteiger charge is 2.47. The van der Waals surface area contributed by atoms with Crippen LogP contribution >= 0.6 is 24.8 Å². The summed E-state index contributed by atoms with van der Waals surface area (Å²) in [5, 5.41) is 3.49. The molecule has 0 bridgehead atoms. The summed E-state index contributed by atoms with van der Waals surface area (Å²) in [6.45, 7) is 6.05.